The molecule has 0 radical (unpaired) electrons. The molecule has 0 aliphatic heterocycles. The summed E-state index contributed by atoms with van der Waals surface area (Å²) in [7, 11) is 0. The highest BCUT2D eigenvalue weighted by Crippen LogP contribution is 2.07. The molecular weight excluding hydrogens is 252 g/mol. The van der Waals surface area contributed by atoms with Gasteiger partial charge in [-0.25, -0.2) is 0 Å². The lowest BCUT2D eigenvalue weighted by atomic mass is 10.1. The van der Waals surface area contributed by atoms with Gasteiger partial charge in [0, 0.05) is 13.0 Å². The topological polar surface area (TPSA) is 46.5 Å². The van der Waals surface area contributed by atoms with Crippen molar-refractivity contribution in [2.24, 2.45) is 0 Å². The van der Waals surface area contributed by atoms with E-state index >= 15 is 0 Å². The van der Waals surface area contributed by atoms with Crippen molar-refractivity contribution in [1.29, 1.82) is 0 Å². The van der Waals surface area contributed by atoms with Crippen molar-refractivity contribution in [1.82, 2.24) is 0 Å². The maximum Gasteiger partial charge on any atom is 0.303 e. The van der Waals surface area contributed by atoms with Crippen LogP contribution >= 0.6 is 0 Å². The Labute approximate surface area is 122 Å². The highest BCUT2D eigenvalue weighted by Gasteiger charge is 1.97. The van der Waals surface area contributed by atoms with Gasteiger partial charge in [0.05, 0.1) is 6.61 Å². The van der Waals surface area contributed by atoms with E-state index in [0.717, 1.165) is 45.3 Å². The highest BCUT2D eigenvalue weighted by atomic mass is 16.5. The molecule has 0 saturated carbocycles. The fraction of sp³-hybridized carbons (Fsp3) is 0.588. The summed E-state index contributed by atoms with van der Waals surface area (Å²) < 4.78 is 5.62. The first-order valence-corrected chi connectivity index (χ1v) is 7.62. The third-order valence-corrected chi connectivity index (χ3v) is 3.31. The number of carbonyl (C=O) groups is 1. The number of rotatable bonds is 12. The molecule has 0 aromatic heterocycles. The smallest absolute Gasteiger partial charge is 0.303 e. The zero-order valence-electron chi connectivity index (χ0n) is 12.2. The number of carboxylic acid groups (broad SMARTS) is 1. The molecule has 0 aliphatic carbocycles. The Balaban J connectivity index is 1.80. The first kappa shape index (κ1) is 16.7. The summed E-state index contributed by atoms with van der Waals surface area (Å²) in [6, 6.07) is 10.4. The number of unbranched alkanes of at least 4 members (excludes halogenated alkanes) is 5. The standard InChI is InChI=1S/C17H26O3/c18-17(19)12-8-3-1-2-4-9-14-20-15-13-16-10-6-5-7-11-16/h5-7,10-11H,1-4,8-9,12-15H2,(H,18,19). The summed E-state index contributed by atoms with van der Waals surface area (Å²) in [5, 5.41) is 8.50. The van der Waals surface area contributed by atoms with Gasteiger partial charge in [-0.1, -0.05) is 56.0 Å². The molecule has 3 heteroatoms. The molecule has 0 atom stereocenters. The van der Waals surface area contributed by atoms with Gasteiger partial charge in [0.15, 0.2) is 0 Å². The van der Waals surface area contributed by atoms with Crippen LogP contribution in [0.5, 0.6) is 0 Å². The number of benzene rings is 1. The third kappa shape index (κ3) is 9.56. The van der Waals surface area contributed by atoms with E-state index in [1.165, 1.54) is 18.4 Å². The lowest BCUT2D eigenvalue weighted by molar-refractivity contribution is -0.137. The van der Waals surface area contributed by atoms with Gasteiger partial charge >= 0.3 is 5.97 Å². The largest absolute Gasteiger partial charge is 0.481 e. The summed E-state index contributed by atoms with van der Waals surface area (Å²) >= 11 is 0. The monoisotopic (exact) mass is 278 g/mol. The van der Waals surface area contributed by atoms with Crippen LogP contribution in [0.2, 0.25) is 0 Å². The summed E-state index contributed by atoms with van der Waals surface area (Å²) in [4.78, 5) is 10.3. The highest BCUT2D eigenvalue weighted by molar-refractivity contribution is 5.66. The minimum Gasteiger partial charge on any atom is -0.481 e. The van der Waals surface area contributed by atoms with Crippen LogP contribution in [0.4, 0.5) is 0 Å². The molecule has 1 aromatic carbocycles. The second-order valence-electron chi connectivity index (χ2n) is 5.11. The molecule has 0 bridgehead atoms. The summed E-state index contributed by atoms with van der Waals surface area (Å²) in [6.07, 6.45) is 7.73. The number of hydrogen-bond acceptors (Lipinski definition) is 2. The zero-order chi connectivity index (χ0) is 14.5. The lowest BCUT2D eigenvalue weighted by Gasteiger charge is -2.04. The molecule has 1 rings (SSSR count). The maximum atomic E-state index is 10.3. The van der Waals surface area contributed by atoms with E-state index in [9.17, 15) is 4.79 Å². The first-order valence-electron chi connectivity index (χ1n) is 7.62. The number of hydrogen-bond donors (Lipinski definition) is 1. The van der Waals surface area contributed by atoms with E-state index in [-0.39, 0.29) is 0 Å². The van der Waals surface area contributed by atoms with Crippen molar-refractivity contribution >= 4 is 5.97 Å². The van der Waals surface area contributed by atoms with Crippen LogP contribution in [0, 0.1) is 0 Å². The van der Waals surface area contributed by atoms with E-state index in [4.69, 9.17) is 9.84 Å². The quantitative estimate of drug-likeness (QED) is 0.586. The molecule has 1 aromatic rings. The predicted molar refractivity (Wildman–Crippen MR) is 80.9 cm³/mol. The minimum atomic E-state index is -0.684. The molecule has 0 saturated heterocycles. The van der Waals surface area contributed by atoms with Crippen LogP contribution < -0.4 is 0 Å². The fourth-order valence-electron chi connectivity index (χ4n) is 2.12. The molecule has 0 aliphatic rings. The van der Waals surface area contributed by atoms with Crippen LogP contribution in [0.3, 0.4) is 0 Å². The molecule has 0 spiro atoms. The summed E-state index contributed by atoms with van der Waals surface area (Å²) in [6.45, 7) is 1.63. The molecule has 0 amide bonds. The van der Waals surface area contributed by atoms with Crippen molar-refractivity contribution in [2.75, 3.05) is 13.2 Å². The average Bonchev–Trinajstić information content (AvgIpc) is 2.45. The fourth-order valence-corrected chi connectivity index (χ4v) is 2.12. The van der Waals surface area contributed by atoms with Crippen molar-refractivity contribution in [2.45, 2.75) is 51.4 Å². The Morgan fingerprint density at radius 3 is 2.25 bits per heavy atom. The van der Waals surface area contributed by atoms with Gasteiger partial charge in [0.2, 0.25) is 0 Å². The summed E-state index contributed by atoms with van der Waals surface area (Å²) in [5.41, 5.74) is 1.32. The van der Waals surface area contributed by atoms with Gasteiger partial charge in [-0.3, -0.25) is 4.79 Å². The molecule has 3 nitrogen and oxygen atoms in total. The van der Waals surface area contributed by atoms with Crippen LogP contribution in [0.25, 0.3) is 0 Å². The van der Waals surface area contributed by atoms with E-state index in [1.807, 2.05) is 6.07 Å². The third-order valence-electron chi connectivity index (χ3n) is 3.31. The lowest BCUT2D eigenvalue weighted by Crippen LogP contribution is -2.00. The summed E-state index contributed by atoms with van der Waals surface area (Å²) in [5.74, 6) is -0.684. The van der Waals surface area contributed by atoms with Crippen LogP contribution in [-0.2, 0) is 16.0 Å². The van der Waals surface area contributed by atoms with E-state index in [2.05, 4.69) is 24.3 Å². The Hall–Kier alpha value is -1.35. The SMILES string of the molecule is O=C(O)CCCCCCCCOCCc1ccccc1. The van der Waals surface area contributed by atoms with E-state index < -0.39 is 5.97 Å². The second-order valence-corrected chi connectivity index (χ2v) is 5.11. The normalized spacial score (nSPS) is 10.6. The van der Waals surface area contributed by atoms with E-state index in [1.54, 1.807) is 0 Å². The molecular formula is C17H26O3. The van der Waals surface area contributed by atoms with Gasteiger partial charge < -0.3 is 9.84 Å². The Kier molecular flexibility index (Phi) is 9.58. The Morgan fingerprint density at radius 1 is 0.900 bits per heavy atom. The van der Waals surface area contributed by atoms with Crippen molar-refractivity contribution in [3.8, 4) is 0 Å². The minimum absolute atomic E-state index is 0.308. The zero-order valence-corrected chi connectivity index (χ0v) is 12.2. The molecule has 112 valence electrons. The van der Waals surface area contributed by atoms with Crippen molar-refractivity contribution < 1.29 is 14.6 Å². The Bertz CT molecular complexity index is 349. The number of carboxylic acids is 1. The Morgan fingerprint density at radius 2 is 1.55 bits per heavy atom. The number of aliphatic carboxylic acids is 1. The predicted octanol–water partition coefficient (Wildman–Crippen LogP) is 4.06. The van der Waals surface area contributed by atoms with E-state index in [0.29, 0.717) is 6.42 Å². The van der Waals surface area contributed by atoms with Crippen molar-refractivity contribution in [3.63, 3.8) is 0 Å². The van der Waals surface area contributed by atoms with Crippen LogP contribution in [-0.4, -0.2) is 24.3 Å². The van der Waals surface area contributed by atoms with Crippen LogP contribution in [0.1, 0.15) is 50.5 Å². The molecule has 0 fully saturated rings. The number of ether oxygens (including phenoxy) is 1. The molecule has 20 heavy (non-hydrogen) atoms. The molecule has 1 N–H and O–H groups in total. The van der Waals surface area contributed by atoms with Gasteiger partial charge in [-0.05, 0) is 24.8 Å². The second kappa shape index (κ2) is 11.5. The maximum absolute atomic E-state index is 10.3. The van der Waals surface area contributed by atoms with Gasteiger partial charge in [-0.15, -0.1) is 0 Å². The molecule has 0 unspecified atom stereocenters. The van der Waals surface area contributed by atoms with Gasteiger partial charge in [0.25, 0.3) is 0 Å². The van der Waals surface area contributed by atoms with Gasteiger partial charge in [-0.2, -0.15) is 0 Å². The van der Waals surface area contributed by atoms with Crippen LogP contribution in [0.15, 0.2) is 30.3 Å². The first-order chi connectivity index (χ1) is 9.79. The van der Waals surface area contributed by atoms with Gasteiger partial charge in [0.1, 0.15) is 0 Å². The average molecular weight is 278 g/mol. The molecule has 0 heterocycles. The van der Waals surface area contributed by atoms with Crippen molar-refractivity contribution in [3.05, 3.63) is 35.9 Å².